The highest BCUT2D eigenvalue weighted by Crippen LogP contribution is 2.20. The molecule has 1 fully saturated rings. The van der Waals surface area contributed by atoms with Gasteiger partial charge in [0.2, 0.25) is 0 Å². The molecule has 0 saturated carbocycles. The van der Waals surface area contributed by atoms with Crippen molar-refractivity contribution in [2.45, 2.75) is 0 Å². The minimum Gasteiger partial charge on any atom is -0.368 e. The number of piperazine rings is 1. The first kappa shape index (κ1) is 15.8. The molecule has 1 N–H and O–H groups in total. The maximum Gasteiger partial charge on any atom is 0.321 e. The minimum atomic E-state index is -0.314. The molecule has 0 aromatic heterocycles. The average Bonchev–Trinajstić information content (AvgIpc) is 2.58. The van der Waals surface area contributed by atoms with Gasteiger partial charge in [-0.1, -0.05) is 15.9 Å². The first-order valence-corrected chi connectivity index (χ1v) is 8.23. The zero-order chi connectivity index (χ0) is 16.2. The number of anilines is 2. The van der Waals surface area contributed by atoms with Gasteiger partial charge in [-0.05, 0) is 48.5 Å². The molecule has 1 aliphatic rings. The number of nitrogens with one attached hydrogen (secondary N) is 1. The highest BCUT2D eigenvalue weighted by atomic mass is 79.9. The van der Waals surface area contributed by atoms with Crippen LogP contribution in [0.4, 0.5) is 20.6 Å². The third-order valence-electron chi connectivity index (χ3n) is 3.85. The molecule has 2 aromatic rings. The minimum absolute atomic E-state index is 0.146. The van der Waals surface area contributed by atoms with Crippen molar-refractivity contribution in [1.29, 1.82) is 0 Å². The first-order chi connectivity index (χ1) is 11.1. The van der Waals surface area contributed by atoms with E-state index in [0.717, 1.165) is 23.2 Å². The highest BCUT2D eigenvalue weighted by Gasteiger charge is 2.21. The van der Waals surface area contributed by atoms with E-state index in [1.807, 2.05) is 12.1 Å². The summed E-state index contributed by atoms with van der Waals surface area (Å²) in [6.07, 6.45) is 0. The van der Waals surface area contributed by atoms with Crippen LogP contribution in [0.15, 0.2) is 53.0 Å². The van der Waals surface area contributed by atoms with Crippen molar-refractivity contribution in [2.24, 2.45) is 0 Å². The molecule has 120 valence electrons. The van der Waals surface area contributed by atoms with Gasteiger partial charge in [0, 0.05) is 42.0 Å². The Hall–Kier alpha value is -2.08. The Bertz CT molecular complexity index is 667. The van der Waals surface area contributed by atoms with E-state index >= 15 is 0 Å². The molecule has 0 radical (unpaired) electrons. The number of hydrogen-bond acceptors (Lipinski definition) is 2. The normalized spacial score (nSPS) is 14.7. The number of urea groups is 1. The summed E-state index contributed by atoms with van der Waals surface area (Å²) >= 11 is 3.43. The van der Waals surface area contributed by atoms with Crippen LogP contribution in [-0.2, 0) is 0 Å². The van der Waals surface area contributed by atoms with Crippen LogP contribution >= 0.6 is 15.9 Å². The molecule has 3 rings (SSSR count). The number of carbonyl (C=O) groups is 1. The molecule has 4 nitrogen and oxygen atoms in total. The predicted molar refractivity (Wildman–Crippen MR) is 93.3 cm³/mol. The van der Waals surface area contributed by atoms with Crippen LogP contribution in [0, 0.1) is 5.82 Å². The van der Waals surface area contributed by atoms with Crippen LogP contribution < -0.4 is 10.2 Å². The third-order valence-corrected chi connectivity index (χ3v) is 4.38. The van der Waals surface area contributed by atoms with E-state index in [0.29, 0.717) is 18.8 Å². The molecule has 2 amide bonds. The van der Waals surface area contributed by atoms with E-state index in [9.17, 15) is 9.18 Å². The quantitative estimate of drug-likeness (QED) is 0.859. The largest absolute Gasteiger partial charge is 0.368 e. The molecule has 1 aliphatic heterocycles. The summed E-state index contributed by atoms with van der Waals surface area (Å²) < 4.78 is 13.9. The van der Waals surface area contributed by atoms with Gasteiger partial charge in [0.1, 0.15) is 5.82 Å². The fourth-order valence-corrected chi connectivity index (χ4v) is 2.82. The number of rotatable bonds is 2. The lowest BCUT2D eigenvalue weighted by molar-refractivity contribution is 0.208. The van der Waals surface area contributed by atoms with E-state index in [-0.39, 0.29) is 11.8 Å². The van der Waals surface area contributed by atoms with Gasteiger partial charge in [0.05, 0.1) is 0 Å². The van der Waals surface area contributed by atoms with E-state index in [1.165, 1.54) is 12.1 Å². The van der Waals surface area contributed by atoms with Crippen molar-refractivity contribution in [3.05, 3.63) is 58.8 Å². The number of hydrogen-bond donors (Lipinski definition) is 1. The standard InChI is InChI=1S/C17H17BrFN3O/c18-13-1-7-16(8-2-13)21-9-11-22(12-10-21)17(23)20-15-5-3-14(19)4-6-15/h1-8H,9-12H2,(H,20,23). The van der Waals surface area contributed by atoms with Gasteiger partial charge in [0.15, 0.2) is 0 Å². The topological polar surface area (TPSA) is 35.6 Å². The molecule has 0 atom stereocenters. The van der Waals surface area contributed by atoms with Gasteiger partial charge in [-0.2, -0.15) is 0 Å². The lowest BCUT2D eigenvalue weighted by atomic mass is 10.2. The second-order valence-electron chi connectivity index (χ2n) is 5.39. The van der Waals surface area contributed by atoms with E-state index in [4.69, 9.17) is 0 Å². The van der Waals surface area contributed by atoms with Crippen molar-refractivity contribution < 1.29 is 9.18 Å². The molecule has 2 aromatic carbocycles. The van der Waals surface area contributed by atoms with Crippen molar-refractivity contribution in [1.82, 2.24) is 4.90 Å². The van der Waals surface area contributed by atoms with E-state index in [2.05, 4.69) is 38.3 Å². The number of carbonyl (C=O) groups excluding carboxylic acids is 1. The lowest BCUT2D eigenvalue weighted by Gasteiger charge is -2.36. The van der Waals surface area contributed by atoms with Crippen LogP contribution in [0.5, 0.6) is 0 Å². The molecule has 0 aliphatic carbocycles. The molecule has 0 unspecified atom stereocenters. The molecule has 23 heavy (non-hydrogen) atoms. The number of amides is 2. The Morgan fingerprint density at radius 3 is 2.17 bits per heavy atom. The summed E-state index contributed by atoms with van der Waals surface area (Å²) in [5.74, 6) is -0.314. The maximum absolute atomic E-state index is 12.9. The zero-order valence-electron chi connectivity index (χ0n) is 12.5. The Kier molecular flexibility index (Phi) is 4.81. The summed E-state index contributed by atoms with van der Waals surface area (Å²) in [4.78, 5) is 16.3. The lowest BCUT2D eigenvalue weighted by Crippen LogP contribution is -2.50. The Labute approximate surface area is 143 Å². The van der Waals surface area contributed by atoms with Crippen molar-refractivity contribution in [2.75, 3.05) is 36.4 Å². The number of benzene rings is 2. The summed E-state index contributed by atoms with van der Waals surface area (Å²) in [7, 11) is 0. The first-order valence-electron chi connectivity index (χ1n) is 7.44. The summed E-state index contributed by atoms with van der Waals surface area (Å²) in [6, 6.07) is 13.8. The number of nitrogens with zero attached hydrogens (tertiary/aromatic N) is 2. The Morgan fingerprint density at radius 1 is 0.957 bits per heavy atom. The Morgan fingerprint density at radius 2 is 1.57 bits per heavy atom. The van der Waals surface area contributed by atoms with Crippen molar-refractivity contribution in [3.63, 3.8) is 0 Å². The summed E-state index contributed by atoms with van der Waals surface area (Å²) in [6.45, 7) is 2.89. The molecular weight excluding hydrogens is 361 g/mol. The maximum atomic E-state index is 12.9. The van der Waals surface area contributed by atoms with Gasteiger partial charge < -0.3 is 15.1 Å². The van der Waals surface area contributed by atoms with Crippen LogP contribution in [0.25, 0.3) is 0 Å². The van der Waals surface area contributed by atoms with E-state index < -0.39 is 0 Å². The van der Waals surface area contributed by atoms with Gasteiger partial charge in [-0.3, -0.25) is 0 Å². The van der Waals surface area contributed by atoms with Gasteiger partial charge in [-0.25, -0.2) is 9.18 Å². The SMILES string of the molecule is O=C(Nc1ccc(F)cc1)N1CCN(c2ccc(Br)cc2)CC1. The highest BCUT2D eigenvalue weighted by molar-refractivity contribution is 9.10. The fraction of sp³-hybridized carbons (Fsp3) is 0.235. The van der Waals surface area contributed by atoms with Crippen LogP contribution in [0.3, 0.4) is 0 Å². The second kappa shape index (κ2) is 7.00. The Balaban J connectivity index is 1.54. The molecule has 1 saturated heterocycles. The van der Waals surface area contributed by atoms with Crippen molar-refractivity contribution in [3.8, 4) is 0 Å². The molecule has 6 heteroatoms. The van der Waals surface area contributed by atoms with Crippen LogP contribution in [0.2, 0.25) is 0 Å². The smallest absolute Gasteiger partial charge is 0.321 e. The van der Waals surface area contributed by atoms with Gasteiger partial charge in [0.25, 0.3) is 0 Å². The summed E-state index contributed by atoms with van der Waals surface area (Å²) in [5.41, 5.74) is 1.76. The van der Waals surface area contributed by atoms with Gasteiger partial charge in [-0.15, -0.1) is 0 Å². The molecular formula is C17H17BrFN3O. The predicted octanol–water partition coefficient (Wildman–Crippen LogP) is 3.94. The summed E-state index contributed by atoms with van der Waals surface area (Å²) in [5, 5.41) is 2.80. The fourth-order valence-electron chi connectivity index (χ4n) is 2.56. The number of halogens is 2. The second-order valence-corrected chi connectivity index (χ2v) is 6.30. The molecule has 0 bridgehead atoms. The monoisotopic (exact) mass is 377 g/mol. The third kappa shape index (κ3) is 4.01. The molecule has 0 spiro atoms. The van der Waals surface area contributed by atoms with Crippen LogP contribution in [-0.4, -0.2) is 37.1 Å². The zero-order valence-corrected chi connectivity index (χ0v) is 14.1. The van der Waals surface area contributed by atoms with Crippen molar-refractivity contribution >= 4 is 33.3 Å². The van der Waals surface area contributed by atoms with Crippen LogP contribution in [0.1, 0.15) is 0 Å². The average molecular weight is 378 g/mol. The molecule has 1 heterocycles. The van der Waals surface area contributed by atoms with Gasteiger partial charge >= 0.3 is 6.03 Å². The van der Waals surface area contributed by atoms with E-state index in [1.54, 1.807) is 17.0 Å².